The molecule has 22 heavy (non-hydrogen) atoms. The molecule has 8 nitrogen and oxygen atoms in total. The number of esters is 1. The summed E-state index contributed by atoms with van der Waals surface area (Å²) in [5.41, 5.74) is 0.219. The van der Waals surface area contributed by atoms with E-state index < -0.39 is 18.5 Å². The monoisotopic (exact) mass is 310 g/mol. The Hall–Kier alpha value is -2.77. The van der Waals surface area contributed by atoms with Crippen LogP contribution < -0.4 is 20.1 Å². The molecule has 1 aromatic rings. The molecule has 0 aromatic heterocycles. The minimum atomic E-state index is -0.684. The Morgan fingerprint density at radius 3 is 2.32 bits per heavy atom. The Kier molecular flexibility index (Phi) is 6.68. The molecule has 8 heteroatoms. The lowest BCUT2D eigenvalue weighted by Crippen LogP contribution is -2.37. The van der Waals surface area contributed by atoms with E-state index in [9.17, 15) is 14.4 Å². The molecule has 0 aliphatic heterocycles. The molecule has 0 saturated carbocycles. The molecule has 0 bridgehead atoms. The summed E-state index contributed by atoms with van der Waals surface area (Å²) in [6.07, 6.45) is 0. The summed E-state index contributed by atoms with van der Waals surface area (Å²) < 4.78 is 15.0. The second-order valence-electron chi connectivity index (χ2n) is 4.10. The van der Waals surface area contributed by atoms with Crippen molar-refractivity contribution in [2.75, 3.05) is 34.4 Å². The molecule has 0 aliphatic carbocycles. The van der Waals surface area contributed by atoms with E-state index >= 15 is 0 Å². The number of methoxy groups -OCH3 is 2. The van der Waals surface area contributed by atoms with Gasteiger partial charge in [0.2, 0.25) is 5.91 Å². The normalized spacial score (nSPS) is 9.59. The van der Waals surface area contributed by atoms with Gasteiger partial charge in [0, 0.05) is 7.05 Å². The van der Waals surface area contributed by atoms with E-state index in [2.05, 4.69) is 10.6 Å². The highest BCUT2D eigenvalue weighted by molar-refractivity contribution is 5.92. The molecule has 0 radical (unpaired) electrons. The van der Waals surface area contributed by atoms with Gasteiger partial charge in [-0.15, -0.1) is 0 Å². The predicted molar refractivity (Wildman–Crippen MR) is 76.9 cm³/mol. The highest BCUT2D eigenvalue weighted by Crippen LogP contribution is 2.27. The van der Waals surface area contributed by atoms with Gasteiger partial charge < -0.3 is 24.8 Å². The van der Waals surface area contributed by atoms with Crippen molar-refractivity contribution in [3.05, 3.63) is 23.8 Å². The summed E-state index contributed by atoms with van der Waals surface area (Å²) in [6.45, 7) is -0.659. The van der Waals surface area contributed by atoms with E-state index in [0.29, 0.717) is 11.5 Å². The highest BCUT2D eigenvalue weighted by Gasteiger charge is 2.13. The maximum Gasteiger partial charge on any atom is 0.338 e. The van der Waals surface area contributed by atoms with Crippen LogP contribution in [0.15, 0.2) is 18.2 Å². The number of hydrogen-bond acceptors (Lipinski definition) is 6. The summed E-state index contributed by atoms with van der Waals surface area (Å²) in [5, 5.41) is 4.66. The number of benzene rings is 1. The Labute approximate surface area is 127 Å². The Morgan fingerprint density at radius 2 is 1.73 bits per heavy atom. The average molecular weight is 310 g/mol. The van der Waals surface area contributed by atoms with Gasteiger partial charge in [-0.1, -0.05) is 0 Å². The van der Waals surface area contributed by atoms with Crippen molar-refractivity contribution in [2.24, 2.45) is 0 Å². The number of rotatable bonds is 7. The molecule has 0 spiro atoms. The van der Waals surface area contributed by atoms with Gasteiger partial charge in [-0.05, 0) is 18.2 Å². The number of likely N-dealkylation sites (N-methyl/N-ethyl adjacent to an activating group) is 1. The highest BCUT2D eigenvalue weighted by atomic mass is 16.5. The van der Waals surface area contributed by atoms with Gasteiger partial charge in [0.15, 0.2) is 18.1 Å². The number of carbonyl (C=O) groups excluding carboxylic acids is 3. The zero-order valence-electron chi connectivity index (χ0n) is 12.6. The fourth-order valence-corrected chi connectivity index (χ4v) is 1.50. The molecule has 0 unspecified atom stereocenters. The van der Waals surface area contributed by atoms with Crippen LogP contribution in [0.1, 0.15) is 10.4 Å². The summed E-state index contributed by atoms with van der Waals surface area (Å²) in [5.74, 6) is -0.753. The molecule has 0 fully saturated rings. The molecule has 2 N–H and O–H groups in total. The number of carbonyl (C=O) groups is 3. The third kappa shape index (κ3) is 4.97. The van der Waals surface area contributed by atoms with Crippen molar-refractivity contribution in [1.82, 2.24) is 10.6 Å². The van der Waals surface area contributed by atoms with Crippen LogP contribution in [0.3, 0.4) is 0 Å². The maximum absolute atomic E-state index is 11.8. The molecule has 0 heterocycles. The zero-order chi connectivity index (χ0) is 16.5. The van der Waals surface area contributed by atoms with Crippen LogP contribution in [0.5, 0.6) is 11.5 Å². The van der Waals surface area contributed by atoms with Gasteiger partial charge in [-0.3, -0.25) is 9.59 Å². The molecule has 0 aliphatic rings. The number of amides is 2. The molecular formula is C14H18N2O6. The van der Waals surface area contributed by atoms with Crippen molar-refractivity contribution >= 4 is 17.8 Å². The molecule has 1 aromatic carbocycles. The second-order valence-corrected chi connectivity index (χ2v) is 4.10. The van der Waals surface area contributed by atoms with E-state index in [0.717, 1.165) is 0 Å². The van der Waals surface area contributed by atoms with Crippen molar-refractivity contribution in [2.45, 2.75) is 0 Å². The van der Waals surface area contributed by atoms with Crippen LogP contribution in [-0.2, 0) is 14.3 Å². The lowest BCUT2D eigenvalue weighted by molar-refractivity contribution is -0.127. The molecule has 0 atom stereocenters. The summed E-state index contributed by atoms with van der Waals surface area (Å²) in [4.78, 5) is 34.2. The molecule has 1 rings (SSSR count). The quantitative estimate of drug-likeness (QED) is 0.672. The first kappa shape index (κ1) is 17.3. The van der Waals surface area contributed by atoms with Gasteiger partial charge in [-0.2, -0.15) is 0 Å². The van der Waals surface area contributed by atoms with E-state index in [-0.39, 0.29) is 18.0 Å². The van der Waals surface area contributed by atoms with Gasteiger partial charge in [0.05, 0.1) is 26.3 Å². The SMILES string of the molecule is CNC(=O)CNC(=O)COC(=O)c1ccc(OC)c(OC)c1. The van der Waals surface area contributed by atoms with Crippen LogP contribution in [0, 0.1) is 0 Å². The van der Waals surface area contributed by atoms with Crippen molar-refractivity contribution in [1.29, 1.82) is 0 Å². The Bertz CT molecular complexity index is 558. The van der Waals surface area contributed by atoms with Gasteiger partial charge in [0.25, 0.3) is 5.91 Å². The van der Waals surface area contributed by atoms with Crippen LogP contribution in [-0.4, -0.2) is 52.2 Å². The minimum Gasteiger partial charge on any atom is -0.493 e. The van der Waals surface area contributed by atoms with Crippen molar-refractivity contribution in [3.8, 4) is 11.5 Å². The lowest BCUT2D eigenvalue weighted by Gasteiger charge is -2.09. The minimum absolute atomic E-state index is 0.177. The van der Waals surface area contributed by atoms with Gasteiger partial charge >= 0.3 is 5.97 Å². The van der Waals surface area contributed by atoms with E-state index in [1.54, 1.807) is 6.07 Å². The lowest BCUT2D eigenvalue weighted by atomic mass is 10.2. The fraction of sp³-hybridized carbons (Fsp3) is 0.357. The fourth-order valence-electron chi connectivity index (χ4n) is 1.50. The zero-order valence-corrected chi connectivity index (χ0v) is 12.6. The number of hydrogen-bond donors (Lipinski definition) is 2. The van der Waals surface area contributed by atoms with Crippen LogP contribution in [0.2, 0.25) is 0 Å². The first-order chi connectivity index (χ1) is 10.5. The average Bonchev–Trinajstić information content (AvgIpc) is 2.56. The van der Waals surface area contributed by atoms with E-state index in [4.69, 9.17) is 14.2 Å². The topological polar surface area (TPSA) is 103 Å². The number of ether oxygens (including phenoxy) is 3. The summed E-state index contributed by atoms with van der Waals surface area (Å²) in [6, 6.07) is 4.50. The Morgan fingerprint density at radius 1 is 1.05 bits per heavy atom. The van der Waals surface area contributed by atoms with Crippen molar-refractivity contribution in [3.63, 3.8) is 0 Å². The van der Waals surface area contributed by atoms with Crippen LogP contribution in [0.4, 0.5) is 0 Å². The van der Waals surface area contributed by atoms with Crippen LogP contribution in [0.25, 0.3) is 0 Å². The number of nitrogens with one attached hydrogen (secondary N) is 2. The molecule has 120 valence electrons. The van der Waals surface area contributed by atoms with Gasteiger partial charge in [0.1, 0.15) is 0 Å². The van der Waals surface area contributed by atoms with Crippen LogP contribution >= 0.6 is 0 Å². The van der Waals surface area contributed by atoms with E-state index in [1.165, 1.54) is 33.4 Å². The van der Waals surface area contributed by atoms with Crippen molar-refractivity contribution < 1.29 is 28.6 Å². The van der Waals surface area contributed by atoms with Gasteiger partial charge in [-0.25, -0.2) is 4.79 Å². The Balaban J connectivity index is 2.55. The van der Waals surface area contributed by atoms with E-state index in [1.807, 2.05) is 0 Å². The largest absolute Gasteiger partial charge is 0.493 e. The third-order valence-corrected chi connectivity index (χ3v) is 2.68. The first-order valence-corrected chi connectivity index (χ1v) is 6.38. The molecular weight excluding hydrogens is 292 g/mol. The second kappa shape index (κ2) is 8.50. The maximum atomic E-state index is 11.8. The standard InChI is InChI=1S/C14H18N2O6/c1-15-12(17)7-16-13(18)8-22-14(19)9-4-5-10(20-2)11(6-9)21-3/h4-6H,7-8H2,1-3H3,(H,15,17)(H,16,18). The first-order valence-electron chi connectivity index (χ1n) is 6.38. The molecule has 0 saturated heterocycles. The molecule has 2 amide bonds. The smallest absolute Gasteiger partial charge is 0.338 e. The third-order valence-electron chi connectivity index (χ3n) is 2.68. The summed E-state index contributed by atoms with van der Waals surface area (Å²) in [7, 11) is 4.37. The predicted octanol–water partition coefficient (Wildman–Crippen LogP) is -0.277. The summed E-state index contributed by atoms with van der Waals surface area (Å²) >= 11 is 0.